The van der Waals surface area contributed by atoms with Gasteiger partial charge in [0.25, 0.3) is 0 Å². The molecule has 0 bridgehead atoms. The fraction of sp³-hybridized carbons (Fsp3) is 0.579. The van der Waals surface area contributed by atoms with E-state index in [1.165, 1.54) is 0 Å². The molecule has 2 fully saturated rings. The van der Waals surface area contributed by atoms with Crippen LogP contribution in [0, 0.1) is 0 Å². The molecular weight excluding hydrogens is 304 g/mol. The maximum Gasteiger partial charge on any atom is 0.242 e. The Morgan fingerprint density at radius 1 is 1.29 bits per heavy atom. The number of nitrogens with one attached hydrogen (secondary N) is 1. The minimum Gasteiger partial charge on any atom is -0.373 e. The molecule has 2 amide bonds. The van der Waals surface area contributed by atoms with Gasteiger partial charge in [-0.2, -0.15) is 0 Å². The van der Waals surface area contributed by atoms with Crippen LogP contribution >= 0.6 is 0 Å². The van der Waals surface area contributed by atoms with E-state index >= 15 is 0 Å². The first-order valence-electron chi connectivity index (χ1n) is 8.82. The molecule has 0 aromatic heterocycles. The Morgan fingerprint density at radius 3 is 2.79 bits per heavy atom. The van der Waals surface area contributed by atoms with Crippen molar-refractivity contribution in [3.05, 3.63) is 35.9 Å². The molecule has 1 N–H and O–H groups in total. The van der Waals surface area contributed by atoms with E-state index in [1.54, 1.807) is 4.90 Å². The van der Waals surface area contributed by atoms with Gasteiger partial charge in [-0.25, -0.2) is 0 Å². The van der Waals surface area contributed by atoms with Gasteiger partial charge in [0, 0.05) is 19.7 Å². The van der Waals surface area contributed by atoms with Crippen LogP contribution in [-0.2, 0) is 20.7 Å². The predicted octanol–water partition coefficient (Wildman–Crippen LogP) is 1.91. The van der Waals surface area contributed by atoms with Crippen LogP contribution < -0.4 is 5.32 Å². The van der Waals surface area contributed by atoms with Gasteiger partial charge in [-0.1, -0.05) is 30.3 Å². The van der Waals surface area contributed by atoms with Crippen molar-refractivity contribution < 1.29 is 14.3 Å². The second kappa shape index (κ2) is 7.34. The molecule has 130 valence electrons. The van der Waals surface area contributed by atoms with Crippen LogP contribution in [0.2, 0.25) is 0 Å². The van der Waals surface area contributed by atoms with Crippen molar-refractivity contribution in [3.63, 3.8) is 0 Å². The SMILES string of the molecule is C[C@@]1(CNC(=O)[C@H]2CCCN2C(=O)Cc2ccccc2)CCCO1. The van der Waals surface area contributed by atoms with E-state index in [4.69, 9.17) is 4.74 Å². The van der Waals surface area contributed by atoms with Gasteiger partial charge in [0.15, 0.2) is 0 Å². The van der Waals surface area contributed by atoms with Crippen molar-refractivity contribution in [2.24, 2.45) is 0 Å². The lowest BCUT2D eigenvalue weighted by Gasteiger charge is -2.27. The lowest BCUT2D eigenvalue weighted by atomic mass is 10.0. The summed E-state index contributed by atoms with van der Waals surface area (Å²) in [4.78, 5) is 26.9. The van der Waals surface area contributed by atoms with Gasteiger partial charge in [-0.15, -0.1) is 0 Å². The van der Waals surface area contributed by atoms with E-state index in [0.717, 1.165) is 37.9 Å². The van der Waals surface area contributed by atoms with Crippen molar-refractivity contribution in [1.29, 1.82) is 0 Å². The van der Waals surface area contributed by atoms with Crippen LogP contribution in [0.3, 0.4) is 0 Å². The van der Waals surface area contributed by atoms with Gasteiger partial charge in [0.2, 0.25) is 11.8 Å². The minimum atomic E-state index is -0.341. The Kier molecular flexibility index (Phi) is 5.19. The number of likely N-dealkylation sites (tertiary alicyclic amines) is 1. The van der Waals surface area contributed by atoms with Crippen molar-refractivity contribution in [2.45, 2.75) is 50.7 Å². The summed E-state index contributed by atoms with van der Waals surface area (Å²) in [5.41, 5.74) is 0.730. The predicted molar refractivity (Wildman–Crippen MR) is 91.5 cm³/mol. The number of carbonyl (C=O) groups excluding carboxylic acids is 2. The number of rotatable bonds is 5. The number of hydrogen-bond donors (Lipinski definition) is 1. The summed E-state index contributed by atoms with van der Waals surface area (Å²) in [5.74, 6) is -0.0205. The number of ether oxygens (including phenoxy) is 1. The van der Waals surface area contributed by atoms with Gasteiger partial charge in [0.1, 0.15) is 6.04 Å². The number of carbonyl (C=O) groups is 2. The number of nitrogens with zero attached hydrogens (tertiary/aromatic N) is 1. The molecule has 2 aliphatic heterocycles. The first-order valence-corrected chi connectivity index (χ1v) is 8.82. The van der Waals surface area contributed by atoms with Crippen LogP contribution in [-0.4, -0.2) is 48.1 Å². The van der Waals surface area contributed by atoms with E-state index in [2.05, 4.69) is 5.32 Å². The van der Waals surface area contributed by atoms with Gasteiger partial charge >= 0.3 is 0 Å². The Bertz CT molecular complexity index is 582. The third-order valence-corrected chi connectivity index (χ3v) is 5.01. The van der Waals surface area contributed by atoms with Crippen LogP contribution in [0.4, 0.5) is 0 Å². The summed E-state index contributed by atoms with van der Waals surface area (Å²) >= 11 is 0. The van der Waals surface area contributed by atoms with Crippen LogP contribution in [0.5, 0.6) is 0 Å². The lowest BCUT2D eigenvalue weighted by molar-refractivity contribution is -0.138. The van der Waals surface area contributed by atoms with Gasteiger partial charge < -0.3 is 15.0 Å². The van der Waals surface area contributed by atoms with Crippen LogP contribution in [0.25, 0.3) is 0 Å². The highest BCUT2D eigenvalue weighted by atomic mass is 16.5. The molecule has 3 rings (SSSR count). The summed E-state index contributed by atoms with van der Waals surface area (Å²) in [7, 11) is 0. The molecule has 0 radical (unpaired) electrons. The molecule has 0 saturated carbocycles. The number of hydrogen-bond acceptors (Lipinski definition) is 3. The summed E-state index contributed by atoms with van der Waals surface area (Å²) in [6.45, 7) is 3.98. The molecule has 0 unspecified atom stereocenters. The molecule has 5 nitrogen and oxygen atoms in total. The normalized spacial score (nSPS) is 26.5. The molecule has 0 spiro atoms. The average molecular weight is 330 g/mol. The largest absolute Gasteiger partial charge is 0.373 e. The Hall–Kier alpha value is -1.88. The van der Waals surface area contributed by atoms with E-state index in [9.17, 15) is 9.59 Å². The smallest absolute Gasteiger partial charge is 0.242 e. The molecule has 2 atom stereocenters. The molecule has 1 aromatic carbocycles. The van der Waals surface area contributed by atoms with Crippen molar-refractivity contribution >= 4 is 11.8 Å². The summed E-state index contributed by atoms with van der Waals surface area (Å²) < 4.78 is 5.71. The second-order valence-corrected chi connectivity index (χ2v) is 7.03. The van der Waals surface area contributed by atoms with E-state index in [0.29, 0.717) is 19.5 Å². The van der Waals surface area contributed by atoms with E-state index in [-0.39, 0.29) is 23.5 Å². The first kappa shape index (κ1) is 17.0. The maximum absolute atomic E-state index is 12.6. The molecular formula is C19H26N2O3. The first-order chi connectivity index (χ1) is 11.6. The molecule has 2 heterocycles. The molecule has 0 aliphatic carbocycles. The Morgan fingerprint density at radius 2 is 2.08 bits per heavy atom. The number of benzene rings is 1. The van der Waals surface area contributed by atoms with E-state index < -0.39 is 0 Å². The standard InChI is InChI=1S/C19H26N2O3/c1-19(10-6-12-24-19)14-20-18(23)16-9-5-11-21(16)17(22)13-15-7-3-2-4-8-15/h2-4,7-8,16H,5-6,9-14H2,1H3,(H,20,23)/t16-,19+/m1/s1. The van der Waals surface area contributed by atoms with E-state index in [1.807, 2.05) is 37.3 Å². The zero-order valence-electron chi connectivity index (χ0n) is 14.3. The van der Waals surface area contributed by atoms with Crippen molar-refractivity contribution in [3.8, 4) is 0 Å². The second-order valence-electron chi connectivity index (χ2n) is 7.03. The topological polar surface area (TPSA) is 58.6 Å². The highest BCUT2D eigenvalue weighted by Gasteiger charge is 2.36. The zero-order valence-corrected chi connectivity index (χ0v) is 14.3. The molecule has 2 saturated heterocycles. The van der Waals surface area contributed by atoms with Crippen molar-refractivity contribution in [1.82, 2.24) is 10.2 Å². The van der Waals surface area contributed by atoms with Crippen molar-refractivity contribution in [2.75, 3.05) is 19.7 Å². The molecule has 1 aromatic rings. The molecule has 2 aliphatic rings. The maximum atomic E-state index is 12.6. The molecule has 5 heteroatoms. The van der Waals surface area contributed by atoms with Gasteiger partial charge in [-0.05, 0) is 38.2 Å². The zero-order chi connectivity index (χ0) is 17.0. The fourth-order valence-electron chi connectivity index (χ4n) is 3.58. The quantitative estimate of drug-likeness (QED) is 0.897. The summed E-state index contributed by atoms with van der Waals surface area (Å²) in [6, 6.07) is 9.35. The van der Waals surface area contributed by atoms with Crippen LogP contribution in [0.15, 0.2) is 30.3 Å². The Balaban J connectivity index is 1.56. The van der Waals surface area contributed by atoms with Gasteiger partial charge in [0.05, 0.1) is 12.0 Å². The lowest BCUT2D eigenvalue weighted by Crippen LogP contribution is -2.49. The monoisotopic (exact) mass is 330 g/mol. The minimum absolute atomic E-state index is 0.0298. The third kappa shape index (κ3) is 3.96. The van der Waals surface area contributed by atoms with Gasteiger partial charge in [-0.3, -0.25) is 9.59 Å². The highest BCUT2D eigenvalue weighted by Crippen LogP contribution is 2.24. The molecule has 24 heavy (non-hydrogen) atoms. The number of amides is 2. The summed E-state index contributed by atoms with van der Waals surface area (Å²) in [6.07, 6.45) is 3.98. The fourth-order valence-corrected chi connectivity index (χ4v) is 3.58. The van der Waals surface area contributed by atoms with Crippen LogP contribution in [0.1, 0.15) is 38.2 Å². The summed E-state index contributed by atoms with van der Waals surface area (Å²) in [5, 5.41) is 3.00. The average Bonchev–Trinajstić information content (AvgIpc) is 3.23. The third-order valence-electron chi connectivity index (χ3n) is 5.01. The highest BCUT2D eigenvalue weighted by molar-refractivity contribution is 5.89. The Labute approximate surface area is 143 Å².